The molecule has 4 rings (SSSR count). The van der Waals surface area contributed by atoms with E-state index in [4.69, 9.17) is 23.2 Å². The molecule has 0 unspecified atom stereocenters. The van der Waals surface area contributed by atoms with E-state index in [1.807, 2.05) is 24.3 Å². The molecule has 0 saturated heterocycles. The molecule has 0 bridgehead atoms. The number of anilines is 2. The summed E-state index contributed by atoms with van der Waals surface area (Å²) < 4.78 is 0. The molecule has 0 spiro atoms. The minimum atomic E-state index is -1.10. The Hall–Kier alpha value is -3.45. The largest absolute Gasteiger partial charge is 0.510 e. The first-order valence-corrected chi connectivity index (χ1v) is 14.2. The predicted octanol–water partition coefficient (Wildman–Crippen LogP) is 8.27. The number of benzene rings is 3. The standard InChI is InChI=1S/C32H35Cl2N3O3/c1-21(35-19-31(39)22(2)38)24-12-14-30(15-13-24)37(32(40)36-29-17-27(33)16-28(34)18-29)20-23-8-10-26(11-9-23)25-6-4-3-5-7-25/h8-18,25,31,35,38-39H,1-7,19-20H2,(H,36,40)/t31-/m1/s1. The Kier molecular flexibility index (Phi) is 10.2. The van der Waals surface area contributed by atoms with Crippen LogP contribution in [0.4, 0.5) is 16.2 Å². The SMILES string of the molecule is C=C(NC[C@@H](O)C(=C)O)c1ccc(N(Cc2ccc(C3CCCCC3)cc2)C(=O)Nc2cc(Cl)cc(Cl)c2)cc1. The first kappa shape index (κ1) is 29.5. The van der Waals surface area contributed by atoms with Crippen LogP contribution < -0.4 is 15.5 Å². The first-order valence-electron chi connectivity index (χ1n) is 13.4. The molecule has 8 heteroatoms. The number of amides is 2. The van der Waals surface area contributed by atoms with Crippen molar-refractivity contribution in [1.29, 1.82) is 0 Å². The van der Waals surface area contributed by atoms with E-state index in [0.717, 1.165) is 11.1 Å². The Labute approximate surface area is 245 Å². The molecule has 6 nitrogen and oxygen atoms in total. The van der Waals surface area contributed by atoms with Gasteiger partial charge in [0.2, 0.25) is 0 Å². The van der Waals surface area contributed by atoms with Crippen molar-refractivity contribution >= 4 is 46.3 Å². The number of nitrogens with zero attached hydrogens (tertiary/aromatic N) is 1. The number of carbonyl (C=O) groups excluding carboxylic acids is 1. The Bertz CT molecular complexity index is 1320. The van der Waals surface area contributed by atoms with Crippen LogP contribution in [0.15, 0.2) is 85.6 Å². The summed E-state index contributed by atoms with van der Waals surface area (Å²) in [7, 11) is 0. The number of hydrogen-bond donors (Lipinski definition) is 4. The molecule has 1 atom stereocenters. The Balaban J connectivity index is 1.53. The van der Waals surface area contributed by atoms with Crippen molar-refractivity contribution < 1.29 is 15.0 Å². The zero-order valence-electron chi connectivity index (χ0n) is 22.4. The van der Waals surface area contributed by atoms with Crippen LogP contribution in [0.2, 0.25) is 10.0 Å². The molecule has 1 aliphatic rings. The molecule has 1 fully saturated rings. The lowest BCUT2D eigenvalue weighted by molar-refractivity contribution is 0.156. The van der Waals surface area contributed by atoms with E-state index in [1.165, 1.54) is 37.7 Å². The smallest absolute Gasteiger partial charge is 0.326 e. The van der Waals surface area contributed by atoms with Gasteiger partial charge in [0.05, 0.1) is 6.54 Å². The second kappa shape index (κ2) is 13.8. The van der Waals surface area contributed by atoms with E-state index in [1.54, 1.807) is 23.1 Å². The molecule has 40 heavy (non-hydrogen) atoms. The third-order valence-electron chi connectivity index (χ3n) is 7.18. The van der Waals surface area contributed by atoms with Crippen molar-refractivity contribution in [3.05, 3.63) is 112 Å². The van der Waals surface area contributed by atoms with Gasteiger partial charge < -0.3 is 20.8 Å². The molecule has 0 radical (unpaired) electrons. The van der Waals surface area contributed by atoms with Gasteiger partial charge in [0.1, 0.15) is 11.9 Å². The summed E-state index contributed by atoms with van der Waals surface area (Å²) in [5, 5.41) is 25.8. The lowest BCUT2D eigenvalue weighted by Crippen LogP contribution is -2.34. The summed E-state index contributed by atoms with van der Waals surface area (Å²) in [4.78, 5) is 15.2. The highest BCUT2D eigenvalue weighted by Crippen LogP contribution is 2.33. The van der Waals surface area contributed by atoms with E-state index >= 15 is 0 Å². The van der Waals surface area contributed by atoms with Crippen LogP contribution in [0.3, 0.4) is 0 Å². The summed E-state index contributed by atoms with van der Waals surface area (Å²) in [6, 6.07) is 20.5. The molecule has 3 aromatic rings. The lowest BCUT2D eigenvalue weighted by Gasteiger charge is -2.25. The molecule has 0 aromatic heterocycles. The van der Waals surface area contributed by atoms with Gasteiger partial charge in [-0.05, 0) is 65.8 Å². The fourth-order valence-electron chi connectivity index (χ4n) is 4.89. The predicted molar refractivity (Wildman–Crippen MR) is 165 cm³/mol. The first-order chi connectivity index (χ1) is 19.2. The number of rotatable bonds is 10. The third kappa shape index (κ3) is 8.04. The molecule has 1 saturated carbocycles. The van der Waals surface area contributed by atoms with Gasteiger partial charge in [-0.25, -0.2) is 4.79 Å². The summed E-state index contributed by atoms with van der Waals surface area (Å²) in [6.45, 7) is 7.76. The van der Waals surface area contributed by atoms with Gasteiger partial charge in [-0.15, -0.1) is 0 Å². The molecular weight excluding hydrogens is 545 g/mol. The Morgan fingerprint density at radius 1 is 0.950 bits per heavy atom. The number of nitrogens with one attached hydrogen (secondary N) is 2. The number of halogens is 2. The van der Waals surface area contributed by atoms with Gasteiger partial charge in [0, 0.05) is 33.7 Å². The number of hydrogen-bond acceptors (Lipinski definition) is 4. The molecule has 0 aliphatic heterocycles. The number of aliphatic hydroxyl groups is 2. The quantitative estimate of drug-likeness (QED) is 0.182. The van der Waals surface area contributed by atoms with Crippen LogP contribution in [0.1, 0.15) is 54.7 Å². The maximum atomic E-state index is 13.6. The van der Waals surface area contributed by atoms with Gasteiger partial charge in [-0.1, -0.05) is 92.0 Å². The number of urea groups is 1. The van der Waals surface area contributed by atoms with E-state index in [9.17, 15) is 15.0 Å². The maximum Gasteiger partial charge on any atom is 0.326 e. The van der Waals surface area contributed by atoms with Crippen LogP contribution in [0.5, 0.6) is 0 Å². The molecule has 4 N–H and O–H groups in total. The van der Waals surface area contributed by atoms with Gasteiger partial charge >= 0.3 is 6.03 Å². The fourth-order valence-corrected chi connectivity index (χ4v) is 5.42. The van der Waals surface area contributed by atoms with Gasteiger partial charge in [0.25, 0.3) is 0 Å². The Morgan fingerprint density at radius 2 is 1.57 bits per heavy atom. The summed E-state index contributed by atoms with van der Waals surface area (Å²) in [5.41, 5.74) is 4.89. The average Bonchev–Trinajstić information content (AvgIpc) is 2.94. The zero-order chi connectivity index (χ0) is 28.6. The fraction of sp³-hybridized carbons (Fsp3) is 0.281. The minimum absolute atomic E-state index is 0.0729. The second-order valence-corrected chi connectivity index (χ2v) is 11.0. The van der Waals surface area contributed by atoms with Gasteiger partial charge in [-0.2, -0.15) is 0 Å². The van der Waals surface area contributed by atoms with Crippen molar-refractivity contribution in [2.24, 2.45) is 0 Å². The van der Waals surface area contributed by atoms with Crippen LogP contribution in [0.25, 0.3) is 5.70 Å². The zero-order valence-corrected chi connectivity index (χ0v) is 23.9. The topological polar surface area (TPSA) is 84.8 Å². The van der Waals surface area contributed by atoms with Crippen molar-refractivity contribution in [3.63, 3.8) is 0 Å². The van der Waals surface area contributed by atoms with Crippen molar-refractivity contribution in [2.45, 2.75) is 50.7 Å². The van der Waals surface area contributed by atoms with Crippen LogP contribution >= 0.6 is 23.2 Å². The van der Waals surface area contributed by atoms with Gasteiger partial charge in [-0.3, -0.25) is 4.90 Å². The van der Waals surface area contributed by atoms with E-state index < -0.39 is 6.10 Å². The monoisotopic (exact) mass is 579 g/mol. The normalized spacial score (nSPS) is 14.3. The maximum absolute atomic E-state index is 13.6. The lowest BCUT2D eigenvalue weighted by atomic mass is 9.84. The highest BCUT2D eigenvalue weighted by Gasteiger charge is 2.19. The van der Waals surface area contributed by atoms with Gasteiger partial charge in [0.15, 0.2) is 0 Å². The van der Waals surface area contributed by atoms with E-state index in [0.29, 0.717) is 39.6 Å². The van der Waals surface area contributed by atoms with Crippen molar-refractivity contribution in [1.82, 2.24) is 5.32 Å². The Morgan fingerprint density at radius 3 is 2.17 bits per heavy atom. The molecule has 3 aromatic carbocycles. The third-order valence-corrected chi connectivity index (χ3v) is 7.61. The minimum Gasteiger partial charge on any atom is -0.510 e. The molecule has 210 valence electrons. The van der Waals surface area contributed by atoms with Crippen molar-refractivity contribution in [3.8, 4) is 0 Å². The number of aliphatic hydroxyl groups excluding tert-OH is 2. The van der Waals surface area contributed by atoms with E-state index in [-0.39, 0.29) is 18.3 Å². The molecule has 1 aliphatic carbocycles. The summed E-state index contributed by atoms with van der Waals surface area (Å²) in [6.07, 6.45) is 5.25. The van der Waals surface area contributed by atoms with E-state index in [2.05, 4.69) is 48.1 Å². The molecule has 0 heterocycles. The highest BCUT2D eigenvalue weighted by atomic mass is 35.5. The highest BCUT2D eigenvalue weighted by molar-refractivity contribution is 6.35. The number of carbonyl (C=O) groups is 1. The van der Waals surface area contributed by atoms with Crippen molar-refractivity contribution in [2.75, 3.05) is 16.8 Å². The summed E-state index contributed by atoms with van der Waals surface area (Å²) in [5.74, 6) is 0.297. The van der Waals surface area contributed by atoms with Crippen LogP contribution in [0, 0.1) is 0 Å². The van der Waals surface area contributed by atoms with Crippen LogP contribution in [-0.4, -0.2) is 28.9 Å². The molecule has 2 amide bonds. The average molecular weight is 581 g/mol. The molecular formula is C32H35Cl2N3O3. The second-order valence-electron chi connectivity index (χ2n) is 10.2. The van der Waals surface area contributed by atoms with Crippen LogP contribution in [-0.2, 0) is 6.54 Å². The summed E-state index contributed by atoms with van der Waals surface area (Å²) >= 11 is 12.3.